The predicted octanol–water partition coefficient (Wildman–Crippen LogP) is 2.42. The molecular weight excluding hydrogens is 274 g/mol. The van der Waals surface area contributed by atoms with Crippen LogP contribution in [0.2, 0.25) is 0 Å². The number of carbonyl (C=O) groups excluding carboxylic acids is 1. The molecular formula is C14H17N3O4. The van der Waals surface area contributed by atoms with E-state index in [9.17, 15) is 14.9 Å². The second-order valence-corrected chi connectivity index (χ2v) is 4.22. The summed E-state index contributed by atoms with van der Waals surface area (Å²) in [5.74, 6) is -0.432. The van der Waals surface area contributed by atoms with Crippen molar-refractivity contribution in [2.75, 3.05) is 13.2 Å². The van der Waals surface area contributed by atoms with Crippen LogP contribution in [0, 0.1) is 21.4 Å². The fourth-order valence-corrected chi connectivity index (χ4v) is 1.77. The van der Waals surface area contributed by atoms with Crippen molar-refractivity contribution in [3.63, 3.8) is 0 Å². The molecule has 7 heteroatoms. The molecule has 1 aromatic rings. The van der Waals surface area contributed by atoms with Crippen LogP contribution in [0.1, 0.15) is 36.5 Å². The molecule has 112 valence electrons. The lowest BCUT2D eigenvalue weighted by Crippen LogP contribution is -2.25. The molecule has 0 heterocycles. The first-order valence-corrected chi connectivity index (χ1v) is 6.67. The molecule has 0 aliphatic rings. The lowest BCUT2D eigenvalue weighted by atomic mass is 10.1. The Morgan fingerprint density at radius 3 is 2.86 bits per heavy atom. The van der Waals surface area contributed by atoms with Crippen molar-refractivity contribution >= 4 is 11.6 Å². The zero-order valence-corrected chi connectivity index (χ0v) is 11.8. The van der Waals surface area contributed by atoms with Crippen LogP contribution in [0.4, 0.5) is 5.69 Å². The number of hydrogen-bond donors (Lipinski definition) is 1. The van der Waals surface area contributed by atoms with E-state index in [2.05, 4.69) is 5.32 Å². The van der Waals surface area contributed by atoms with Crippen LogP contribution in [0.5, 0.6) is 5.75 Å². The zero-order valence-electron chi connectivity index (χ0n) is 11.8. The van der Waals surface area contributed by atoms with Gasteiger partial charge in [0.1, 0.15) is 0 Å². The fourth-order valence-electron chi connectivity index (χ4n) is 1.77. The SMILES string of the molecule is CCOc1c(C(=O)NCCCCC#N)cccc1[N+](=O)[O-]. The van der Waals surface area contributed by atoms with Crippen LogP contribution in [0.3, 0.4) is 0 Å². The number of benzene rings is 1. The number of rotatable bonds is 8. The summed E-state index contributed by atoms with van der Waals surface area (Å²) in [6.45, 7) is 2.34. The van der Waals surface area contributed by atoms with E-state index < -0.39 is 10.8 Å². The highest BCUT2D eigenvalue weighted by Crippen LogP contribution is 2.30. The highest BCUT2D eigenvalue weighted by Gasteiger charge is 2.22. The summed E-state index contributed by atoms with van der Waals surface area (Å²) in [5.41, 5.74) is -0.0830. The number of unbranched alkanes of at least 4 members (excludes halogenated alkanes) is 2. The number of nitro groups is 1. The molecule has 1 N–H and O–H groups in total. The van der Waals surface area contributed by atoms with Crippen LogP contribution >= 0.6 is 0 Å². The van der Waals surface area contributed by atoms with Gasteiger partial charge in [0.2, 0.25) is 5.75 Å². The van der Waals surface area contributed by atoms with E-state index in [4.69, 9.17) is 10.00 Å². The van der Waals surface area contributed by atoms with E-state index >= 15 is 0 Å². The smallest absolute Gasteiger partial charge is 0.311 e. The monoisotopic (exact) mass is 291 g/mol. The van der Waals surface area contributed by atoms with Gasteiger partial charge >= 0.3 is 5.69 Å². The Hall–Kier alpha value is -2.62. The third-order valence-electron chi connectivity index (χ3n) is 2.73. The first-order valence-electron chi connectivity index (χ1n) is 6.67. The zero-order chi connectivity index (χ0) is 15.7. The molecule has 0 aromatic heterocycles. The van der Waals surface area contributed by atoms with Gasteiger partial charge in [0.25, 0.3) is 5.91 Å². The Morgan fingerprint density at radius 2 is 2.24 bits per heavy atom. The molecule has 0 saturated carbocycles. The maximum Gasteiger partial charge on any atom is 0.311 e. The minimum atomic E-state index is -0.575. The van der Waals surface area contributed by atoms with Crippen molar-refractivity contribution in [2.24, 2.45) is 0 Å². The van der Waals surface area contributed by atoms with Crippen LogP contribution in [-0.2, 0) is 0 Å². The number of nitriles is 1. The molecule has 0 spiro atoms. The number of nitro benzene ring substituents is 1. The third-order valence-corrected chi connectivity index (χ3v) is 2.73. The molecule has 21 heavy (non-hydrogen) atoms. The predicted molar refractivity (Wildman–Crippen MR) is 76.1 cm³/mol. The Labute approximate surface area is 122 Å². The summed E-state index contributed by atoms with van der Waals surface area (Å²) in [7, 11) is 0. The maximum atomic E-state index is 12.1. The summed E-state index contributed by atoms with van der Waals surface area (Å²) in [5, 5.41) is 22.1. The van der Waals surface area contributed by atoms with E-state index in [1.54, 1.807) is 6.92 Å². The Kier molecular flexibility index (Phi) is 6.68. The molecule has 0 bridgehead atoms. The Morgan fingerprint density at radius 1 is 1.48 bits per heavy atom. The largest absolute Gasteiger partial charge is 0.487 e. The Balaban J connectivity index is 2.81. The van der Waals surface area contributed by atoms with Crippen molar-refractivity contribution in [1.29, 1.82) is 5.26 Å². The summed E-state index contributed by atoms with van der Waals surface area (Å²) in [6.07, 6.45) is 1.82. The van der Waals surface area contributed by atoms with Gasteiger partial charge in [-0.25, -0.2) is 0 Å². The highest BCUT2D eigenvalue weighted by molar-refractivity contribution is 5.98. The number of nitrogens with one attached hydrogen (secondary N) is 1. The van der Waals surface area contributed by atoms with Gasteiger partial charge in [-0.2, -0.15) is 5.26 Å². The quantitative estimate of drug-likeness (QED) is 0.450. The normalized spacial score (nSPS) is 9.71. The van der Waals surface area contributed by atoms with E-state index in [1.807, 2.05) is 6.07 Å². The summed E-state index contributed by atoms with van der Waals surface area (Å²) in [4.78, 5) is 22.5. The van der Waals surface area contributed by atoms with Crippen molar-refractivity contribution < 1.29 is 14.5 Å². The molecule has 0 saturated heterocycles. The molecule has 0 aliphatic heterocycles. The van der Waals surface area contributed by atoms with Gasteiger partial charge in [0, 0.05) is 19.0 Å². The highest BCUT2D eigenvalue weighted by atomic mass is 16.6. The minimum Gasteiger partial charge on any atom is -0.487 e. The van der Waals surface area contributed by atoms with Crippen LogP contribution < -0.4 is 10.1 Å². The average Bonchev–Trinajstić information content (AvgIpc) is 2.47. The average molecular weight is 291 g/mol. The van der Waals surface area contributed by atoms with E-state index in [0.29, 0.717) is 25.8 Å². The van der Waals surface area contributed by atoms with Crippen LogP contribution in [0.25, 0.3) is 0 Å². The molecule has 1 aromatic carbocycles. The van der Waals surface area contributed by atoms with E-state index in [1.165, 1.54) is 18.2 Å². The molecule has 0 fully saturated rings. The van der Waals surface area contributed by atoms with Gasteiger partial charge in [0.15, 0.2) is 0 Å². The van der Waals surface area contributed by atoms with Crippen molar-refractivity contribution in [3.05, 3.63) is 33.9 Å². The van der Waals surface area contributed by atoms with Gasteiger partial charge in [-0.15, -0.1) is 0 Å². The topological polar surface area (TPSA) is 105 Å². The number of para-hydroxylation sites is 1. The molecule has 7 nitrogen and oxygen atoms in total. The molecule has 0 aliphatic carbocycles. The second-order valence-electron chi connectivity index (χ2n) is 4.22. The number of nitrogens with zero attached hydrogens (tertiary/aromatic N) is 2. The van der Waals surface area contributed by atoms with Crippen molar-refractivity contribution in [2.45, 2.75) is 26.2 Å². The van der Waals surface area contributed by atoms with Crippen LogP contribution in [0.15, 0.2) is 18.2 Å². The molecule has 1 amide bonds. The minimum absolute atomic E-state index is 0.0143. The van der Waals surface area contributed by atoms with Gasteiger partial charge < -0.3 is 10.1 Å². The lowest BCUT2D eigenvalue weighted by molar-refractivity contribution is -0.385. The van der Waals surface area contributed by atoms with Crippen molar-refractivity contribution in [1.82, 2.24) is 5.32 Å². The number of hydrogen-bond acceptors (Lipinski definition) is 5. The van der Waals surface area contributed by atoms with Gasteiger partial charge in [0.05, 0.1) is 23.2 Å². The molecule has 0 radical (unpaired) electrons. The number of ether oxygens (including phenoxy) is 1. The number of amides is 1. The summed E-state index contributed by atoms with van der Waals surface area (Å²) in [6, 6.07) is 6.26. The fraction of sp³-hybridized carbons (Fsp3) is 0.429. The second kappa shape index (κ2) is 8.53. The third kappa shape index (κ3) is 4.76. The van der Waals surface area contributed by atoms with E-state index in [-0.39, 0.29) is 23.6 Å². The summed E-state index contributed by atoms with van der Waals surface area (Å²) < 4.78 is 5.25. The van der Waals surface area contributed by atoms with Crippen LogP contribution in [-0.4, -0.2) is 24.0 Å². The summed E-state index contributed by atoms with van der Waals surface area (Å²) >= 11 is 0. The van der Waals surface area contributed by atoms with Gasteiger partial charge in [-0.05, 0) is 25.8 Å². The molecule has 1 rings (SSSR count). The lowest BCUT2D eigenvalue weighted by Gasteiger charge is -2.10. The maximum absolute atomic E-state index is 12.1. The molecule has 0 atom stereocenters. The van der Waals surface area contributed by atoms with E-state index in [0.717, 1.165) is 0 Å². The standard InChI is InChI=1S/C14H17N3O4/c1-2-21-13-11(7-6-8-12(13)17(19)20)14(18)16-10-5-3-4-9-15/h6-8H,2-5,10H2,1H3,(H,16,18). The van der Waals surface area contributed by atoms with Crippen molar-refractivity contribution in [3.8, 4) is 11.8 Å². The first-order chi connectivity index (χ1) is 10.1. The number of carbonyl (C=O) groups is 1. The first kappa shape index (κ1) is 16.4. The molecule has 0 unspecified atom stereocenters. The van der Waals surface area contributed by atoms with Gasteiger partial charge in [-0.1, -0.05) is 6.07 Å². The Bertz CT molecular complexity index is 552. The van der Waals surface area contributed by atoms with Gasteiger partial charge in [-0.3, -0.25) is 14.9 Å².